The molecule has 30 heavy (non-hydrogen) atoms. The minimum absolute atomic E-state index is 0.367. The minimum Gasteiger partial charge on any atom is -0.295 e. The Morgan fingerprint density at radius 1 is 0.733 bits per heavy atom. The standard InChI is InChI=1S/C28H20N2/c1-2-18-10-9-12-20-19-11-3-4-13-21(19)28(26(18)20)22-14-5-7-16-24(22)30-25-17-8-6-15-23(25)29-27(28)30/h3-17H,2H2,1H3. The predicted octanol–water partition coefficient (Wildman–Crippen LogP) is 6.26. The van der Waals surface area contributed by atoms with E-state index in [2.05, 4.69) is 102 Å². The van der Waals surface area contributed by atoms with Crippen LogP contribution in [0.15, 0.2) is 91.0 Å². The van der Waals surface area contributed by atoms with E-state index in [9.17, 15) is 0 Å². The third kappa shape index (κ3) is 1.66. The quantitative estimate of drug-likeness (QED) is 0.326. The van der Waals surface area contributed by atoms with Gasteiger partial charge in [0.25, 0.3) is 0 Å². The van der Waals surface area contributed by atoms with Crippen molar-refractivity contribution in [3.63, 3.8) is 0 Å². The molecular formula is C28H20N2. The van der Waals surface area contributed by atoms with E-state index in [0.717, 1.165) is 17.8 Å². The van der Waals surface area contributed by atoms with Crippen LogP contribution >= 0.6 is 0 Å². The van der Waals surface area contributed by atoms with Crippen molar-refractivity contribution < 1.29 is 0 Å². The Balaban J connectivity index is 1.77. The number of fused-ring (bicyclic) bond motifs is 12. The summed E-state index contributed by atoms with van der Waals surface area (Å²) in [6.45, 7) is 2.26. The summed E-state index contributed by atoms with van der Waals surface area (Å²) < 4.78 is 2.39. The highest BCUT2D eigenvalue weighted by atomic mass is 15.1. The maximum atomic E-state index is 5.28. The van der Waals surface area contributed by atoms with E-state index in [1.165, 1.54) is 44.6 Å². The van der Waals surface area contributed by atoms with Gasteiger partial charge in [0.2, 0.25) is 0 Å². The molecule has 2 nitrogen and oxygen atoms in total. The summed E-state index contributed by atoms with van der Waals surface area (Å²) in [7, 11) is 0. The Bertz CT molecular complexity index is 1490. The van der Waals surface area contributed by atoms with E-state index >= 15 is 0 Å². The van der Waals surface area contributed by atoms with Gasteiger partial charge in [-0.1, -0.05) is 79.7 Å². The third-order valence-corrected chi connectivity index (χ3v) is 6.97. The van der Waals surface area contributed by atoms with Gasteiger partial charge in [-0.25, -0.2) is 4.98 Å². The van der Waals surface area contributed by atoms with Gasteiger partial charge in [-0.2, -0.15) is 0 Å². The lowest BCUT2D eigenvalue weighted by Gasteiger charge is -2.29. The highest BCUT2D eigenvalue weighted by Crippen LogP contribution is 2.61. The summed E-state index contributed by atoms with van der Waals surface area (Å²) in [4.78, 5) is 5.28. The van der Waals surface area contributed by atoms with E-state index in [1.807, 2.05) is 0 Å². The summed E-state index contributed by atoms with van der Waals surface area (Å²) in [5.41, 5.74) is 11.3. The van der Waals surface area contributed by atoms with Gasteiger partial charge in [0.1, 0.15) is 11.2 Å². The van der Waals surface area contributed by atoms with Crippen LogP contribution in [0.2, 0.25) is 0 Å². The molecule has 1 spiro atoms. The van der Waals surface area contributed by atoms with Gasteiger partial charge in [-0.3, -0.25) is 4.57 Å². The van der Waals surface area contributed by atoms with Crippen LogP contribution in [0.5, 0.6) is 0 Å². The molecule has 0 fully saturated rings. The second-order valence-electron chi connectivity index (χ2n) is 8.27. The summed E-state index contributed by atoms with van der Waals surface area (Å²) in [5.74, 6) is 1.12. The van der Waals surface area contributed by atoms with E-state index in [0.29, 0.717) is 0 Å². The summed E-state index contributed by atoms with van der Waals surface area (Å²) in [5, 5.41) is 0. The number of para-hydroxylation sites is 3. The molecule has 0 radical (unpaired) electrons. The van der Waals surface area contributed by atoms with Crippen molar-refractivity contribution in [2.45, 2.75) is 18.8 Å². The first-order chi connectivity index (χ1) is 14.9. The molecule has 2 heteroatoms. The van der Waals surface area contributed by atoms with Crippen molar-refractivity contribution in [1.29, 1.82) is 0 Å². The molecule has 4 aromatic carbocycles. The van der Waals surface area contributed by atoms with E-state index in [4.69, 9.17) is 4.98 Å². The van der Waals surface area contributed by atoms with Crippen LogP contribution in [0.3, 0.4) is 0 Å². The molecule has 5 aromatic rings. The topological polar surface area (TPSA) is 17.8 Å². The Kier molecular flexibility index (Phi) is 2.96. The zero-order valence-electron chi connectivity index (χ0n) is 16.8. The molecule has 0 bridgehead atoms. The van der Waals surface area contributed by atoms with E-state index < -0.39 is 0 Å². The predicted molar refractivity (Wildman–Crippen MR) is 121 cm³/mol. The van der Waals surface area contributed by atoms with Gasteiger partial charge in [0.05, 0.1) is 16.7 Å². The smallest absolute Gasteiger partial charge is 0.134 e. The highest BCUT2D eigenvalue weighted by Gasteiger charge is 2.54. The zero-order chi connectivity index (χ0) is 19.9. The second kappa shape index (κ2) is 5.48. The average Bonchev–Trinajstić information content (AvgIpc) is 3.42. The van der Waals surface area contributed by atoms with Gasteiger partial charge in [0, 0.05) is 0 Å². The van der Waals surface area contributed by atoms with Crippen LogP contribution in [0.1, 0.15) is 35.0 Å². The summed E-state index contributed by atoms with van der Waals surface area (Å²) >= 11 is 0. The third-order valence-electron chi connectivity index (χ3n) is 6.97. The number of benzene rings is 4. The van der Waals surface area contributed by atoms with E-state index in [1.54, 1.807) is 0 Å². The zero-order valence-corrected chi connectivity index (χ0v) is 16.8. The molecule has 0 saturated heterocycles. The van der Waals surface area contributed by atoms with Crippen molar-refractivity contribution in [2.75, 3.05) is 0 Å². The van der Waals surface area contributed by atoms with Crippen LogP contribution in [0.25, 0.3) is 27.8 Å². The first-order valence-electron chi connectivity index (χ1n) is 10.7. The largest absolute Gasteiger partial charge is 0.295 e. The van der Waals surface area contributed by atoms with Gasteiger partial charge in [-0.05, 0) is 58.0 Å². The van der Waals surface area contributed by atoms with Crippen molar-refractivity contribution in [1.82, 2.24) is 9.55 Å². The molecule has 1 aromatic heterocycles. The number of rotatable bonds is 1. The number of aryl methyl sites for hydroxylation is 1. The van der Waals surface area contributed by atoms with Gasteiger partial charge >= 0.3 is 0 Å². The van der Waals surface area contributed by atoms with Crippen LogP contribution < -0.4 is 0 Å². The minimum atomic E-state index is -0.367. The van der Waals surface area contributed by atoms with E-state index in [-0.39, 0.29) is 5.41 Å². The maximum absolute atomic E-state index is 5.28. The Hall–Kier alpha value is -3.65. The SMILES string of the molecule is CCc1cccc2c1C1(c3ccccc3-2)c2ccccc2-n2c1nc1ccccc12. The number of hydrogen-bond donors (Lipinski definition) is 0. The van der Waals surface area contributed by atoms with Crippen molar-refractivity contribution in [3.8, 4) is 16.8 Å². The molecule has 2 heterocycles. The fraction of sp³-hybridized carbons (Fsp3) is 0.107. The molecule has 7 rings (SSSR count). The molecule has 142 valence electrons. The summed E-state index contributed by atoms with van der Waals surface area (Å²) in [6.07, 6.45) is 1.00. The molecular weight excluding hydrogens is 364 g/mol. The number of aromatic nitrogens is 2. The average molecular weight is 384 g/mol. The van der Waals surface area contributed by atoms with Crippen LogP contribution in [-0.4, -0.2) is 9.55 Å². The normalized spacial score (nSPS) is 17.8. The monoisotopic (exact) mass is 384 g/mol. The van der Waals surface area contributed by atoms with Gasteiger partial charge < -0.3 is 0 Å². The second-order valence-corrected chi connectivity index (χ2v) is 8.27. The van der Waals surface area contributed by atoms with Gasteiger partial charge in [0.15, 0.2) is 0 Å². The fourth-order valence-electron chi connectivity index (χ4n) is 5.88. The van der Waals surface area contributed by atoms with Crippen LogP contribution in [0.4, 0.5) is 0 Å². The molecule has 0 N–H and O–H groups in total. The van der Waals surface area contributed by atoms with Crippen LogP contribution in [-0.2, 0) is 11.8 Å². The lowest BCUT2D eigenvalue weighted by Crippen LogP contribution is -2.28. The van der Waals surface area contributed by atoms with Gasteiger partial charge in [-0.15, -0.1) is 0 Å². The molecule has 0 saturated carbocycles. The van der Waals surface area contributed by atoms with Crippen molar-refractivity contribution in [2.24, 2.45) is 0 Å². The number of nitrogens with zero attached hydrogens (tertiary/aromatic N) is 2. The molecule has 1 aliphatic carbocycles. The number of imidazole rings is 1. The Labute approximate surface area is 175 Å². The summed E-state index contributed by atoms with van der Waals surface area (Å²) in [6, 6.07) is 33.1. The first-order valence-corrected chi connectivity index (χ1v) is 10.7. The number of hydrogen-bond acceptors (Lipinski definition) is 1. The lowest BCUT2D eigenvalue weighted by molar-refractivity contribution is 0.727. The maximum Gasteiger partial charge on any atom is 0.134 e. The van der Waals surface area contributed by atoms with Crippen molar-refractivity contribution >= 4 is 11.0 Å². The fourth-order valence-corrected chi connectivity index (χ4v) is 5.88. The first kappa shape index (κ1) is 16.2. The van der Waals surface area contributed by atoms with Crippen LogP contribution in [0, 0.1) is 0 Å². The Morgan fingerprint density at radius 2 is 1.47 bits per heavy atom. The molecule has 2 aliphatic rings. The molecule has 1 aliphatic heterocycles. The van der Waals surface area contributed by atoms with Crippen molar-refractivity contribution in [3.05, 3.63) is 119 Å². The lowest BCUT2D eigenvalue weighted by atomic mass is 9.71. The highest BCUT2D eigenvalue weighted by molar-refractivity contribution is 5.92. The Morgan fingerprint density at radius 3 is 2.37 bits per heavy atom. The molecule has 0 amide bonds. The molecule has 1 atom stereocenters. The molecule has 1 unspecified atom stereocenters.